The van der Waals surface area contributed by atoms with Gasteiger partial charge >= 0.3 is 12.0 Å². The Kier molecular flexibility index (Phi) is 7.83. The second-order valence-corrected chi connectivity index (χ2v) is 5.74. The summed E-state index contributed by atoms with van der Waals surface area (Å²) in [6, 6.07) is -1.19. The molecule has 1 aliphatic heterocycles. The van der Waals surface area contributed by atoms with Crippen molar-refractivity contribution in [2.45, 2.75) is 31.9 Å². The van der Waals surface area contributed by atoms with Crippen LogP contribution in [0.15, 0.2) is 17.1 Å². The highest BCUT2D eigenvalue weighted by Crippen LogP contribution is 2.14. The first-order valence-corrected chi connectivity index (χ1v) is 8.02. The zero-order valence-electron chi connectivity index (χ0n) is 13.1. The van der Waals surface area contributed by atoms with Gasteiger partial charge in [0.2, 0.25) is 0 Å². The van der Waals surface area contributed by atoms with Crippen LogP contribution >= 0.6 is 11.3 Å². The van der Waals surface area contributed by atoms with Crippen LogP contribution in [-0.4, -0.2) is 71.3 Å². The number of carboxylic acids is 1. The number of urea groups is 1. The number of aliphatic carboxylic acids is 1. The van der Waals surface area contributed by atoms with Crippen LogP contribution in [0, 0.1) is 0 Å². The first-order chi connectivity index (χ1) is 10.5. The number of rotatable bonds is 4. The van der Waals surface area contributed by atoms with Gasteiger partial charge in [-0.3, -0.25) is 4.98 Å². The molecule has 8 heteroatoms. The van der Waals surface area contributed by atoms with Crippen molar-refractivity contribution in [2.75, 3.05) is 27.2 Å². The summed E-state index contributed by atoms with van der Waals surface area (Å²) in [5.41, 5.74) is 1.79. The van der Waals surface area contributed by atoms with Gasteiger partial charge in [0.25, 0.3) is 0 Å². The van der Waals surface area contributed by atoms with Gasteiger partial charge < -0.3 is 19.6 Å². The van der Waals surface area contributed by atoms with Gasteiger partial charge in [-0.1, -0.05) is 0 Å². The van der Waals surface area contributed by atoms with E-state index in [0.29, 0.717) is 13.1 Å². The van der Waals surface area contributed by atoms with Crippen LogP contribution < -0.4 is 0 Å². The van der Waals surface area contributed by atoms with Crippen molar-refractivity contribution in [3.05, 3.63) is 17.1 Å². The number of carboxylic acid groups (broad SMARTS) is 1. The molecule has 22 heavy (non-hydrogen) atoms. The molecular formula is C14H23N3O4S. The molecule has 2 amide bonds. The van der Waals surface area contributed by atoms with Crippen LogP contribution in [0.3, 0.4) is 0 Å². The fourth-order valence-corrected chi connectivity index (χ4v) is 2.59. The molecule has 2 rings (SSSR count). The van der Waals surface area contributed by atoms with Gasteiger partial charge in [0.15, 0.2) is 6.04 Å². The maximum Gasteiger partial charge on any atom is 0.329 e. The third-order valence-corrected chi connectivity index (χ3v) is 4.03. The third-order valence-electron chi connectivity index (χ3n) is 3.51. The Balaban J connectivity index is 0.000000406. The van der Waals surface area contributed by atoms with Crippen molar-refractivity contribution < 1.29 is 19.4 Å². The topological polar surface area (TPSA) is 83.0 Å². The molecule has 1 aliphatic rings. The van der Waals surface area contributed by atoms with Crippen LogP contribution in [0.1, 0.15) is 19.8 Å². The van der Waals surface area contributed by atoms with E-state index in [9.17, 15) is 9.59 Å². The molecule has 1 N–H and O–H groups in total. The molecule has 1 saturated heterocycles. The number of nitrogens with zero attached hydrogens (tertiary/aromatic N) is 3. The molecular weight excluding hydrogens is 306 g/mol. The van der Waals surface area contributed by atoms with Crippen LogP contribution in [-0.2, 0) is 9.53 Å². The van der Waals surface area contributed by atoms with E-state index in [1.807, 2.05) is 5.38 Å². The maximum atomic E-state index is 12.0. The van der Waals surface area contributed by atoms with E-state index in [0.717, 1.165) is 12.8 Å². The lowest BCUT2D eigenvalue weighted by molar-refractivity contribution is -0.146. The summed E-state index contributed by atoms with van der Waals surface area (Å²) in [5.74, 6) is -1.05. The van der Waals surface area contributed by atoms with E-state index in [4.69, 9.17) is 9.84 Å². The quantitative estimate of drug-likeness (QED) is 0.910. The Morgan fingerprint density at radius 2 is 2.05 bits per heavy atom. The smallest absolute Gasteiger partial charge is 0.329 e. The summed E-state index contributed by atoms with van der Waals surface area (Å²) in [6.45, 7) is 3.06. The molecule has 1 fully saturated rings. The molecule has 0 aromatic carbocycles. The van der Waals surface area contributed by atoms with Crippen molar-refractivity contribution in [1.29, 1.82) is 0 Å². The van der Waals surface area contributed by atoms with Crippen LogP contribution in [0.4, 0.5) is 4.79 Å². The highest BCUT2D eigenvalue weighted by molar-refractivity contribution is 7.07. The molecule has 0 bridgehead atoms. The Morgan fingerprint density at radius 1 is 1.41 bits per heavy atom. The molecule has 2 atom stereocenters. The third kappa shape index (κ3) is 5.27. The number of aromatic nitrogens is 1. The average Bonchev–Trinajstić information content (AvgIpc) is 3.20. The second-order valence-electron chi connectivity index (χ2n) is 4.99. The number of likely N-dealkylation sites (N-methyl/N-ethyl adjacent to an activating group) is 1. The summed E-state index contributed by atoms with van der Waals surface area (Å²) in [7, 11) is 2.95. The highest BCUT2D eigenvalue weighted by atomic mass is 32.1. The zero-order valence-corrected chi connectivity index (χ0v) is 14.0. The summed E-state index contributed by atoms with van der Waals surface area (Å²) in [4.78, 5) is 29.9. The number of amides is 2. The minimum Gasteiger partial charge on any atom is -0.480 e. The Morgan fingerprint density at radius 3 is 2.41 bits per heavy atom. The molecule has 2 unspecified atom stereocenters. The van der Waals surface area contributed by atoms with Gasteiger partial charge in [-0.25, -0.2) is 9.59 Å². The minimum atomic E-state index is -1.05. The Bertz CT molecular complexity index is 432. The highest BCUT2D eigenvalue weighted by Gasteiger charge is 2.34. The molecule has 0 radical (unpaired) electrons. The van der Waals surface area contributed by atoms with Gasteiger partial charge in [0, 0.05) is 38.8 Å². The predicted octanol–water partition coefficient (Wildman–Crippen LogP) is 1.77. The van der Waals surface area contributed by atoms with E-state index in [1.54, 1.807) is 34.9 Å². The first kappa shape index (κ1) is 18.4. The van der Waals surface area contributed by atoms with Crippen LogP contribution in [0.5, 0.6) is 0 Å². The Hall–Kier alpha value is -1.67. The molecule has 2 heterocycles. The molecule has 1 aromatic heterocycles. The number of carbonyl (C=O) groups is 2. The van der Waals surface area contributed by atoms with E-state index < -0.39 is 18.1 Å². The van der Waals surface area contributed by atoms with E-state index in [1.165, 1.54) is 19.1 Å². The molecule has 0 spiro atoms. The summed E-state index contributed by atoms with van der Waals surface area (Å²) >= 11 is 1.60. The van der Waals surface area contributed by atoms with E-state index in [-0.39, 0.29) is 6.03 Å². The molecule has 0 saturated carbocycles. The first-order valence-electron chi connectivity index (χ1n) is 7.08. The minimum absolute atomic E-state index is 0.237. The van der Waals surface area contributed by atoms with Gasteiger partial charge in [-0.15, -0.1) is 11.3 Å². The summed E-state index contributed by atoms with van der Waals surface area (Å²) in [6.07, 6.45) is 3.20. The number of methoxy groups -OCH3 is 1. The molecule has 124 valence electrons. The van der Waals surface area contributed by atoms with Crippen molar-refractivity contribution in [3.63, 3.8) is 0 Å². The molecule has 1 aromatic rings. The normalized spacial score (nSPS) is 16.4. The van der Waals surface area contributed by atoms with Crippen molar-refractivity contribution >= 4 is 23.3 Å². The zero-order chi connectivity index (χ0) is 16.5. The Labute approximate surface area is 134 Å². The van der Waals surface area contributed by atoms with Crippen molar-refractivity contribution in [1.82, 2.24) is 14.8 Å². The largest absolute Gasteiger partial charge is 0.480 e. The summed E-state index contributed by atoms with van der Waals surface area (Å²) < 4.78 is 5.01. The lowest BCUT2D eigenvalue weighted by atomic mass is 10.1. The van der Waals surface area contributed by atoms with Crippen molar-refractivity contribution in [3.8, 4) is 0 Å². The number of hydrogen-bond donors (Lipinski definition) is 1. The number of carbonyl (C=O) groups excluding carboxylic acids is 1. The second kappa shape index (κ2) is 9.37. The predicted molar refractivity (Wildman–Crippen MR) is 84.0 cm³/mol. The monoisotopic (exact) mass is 329 g/mol. The van der Waals surface area contributed by atoms with Gasteiger partial charge in [0.05, 0.1) is 11.6 Å². The van der Waals surface area contributed by atoms with Crippen molar-refractivity contribution in [2.24, 2.45) is 0 Å². The van der Waals surface area contributed by atoms with E-state index >= 15 is 0 Å². The summed E-state index contributed by atoms with van der Waals surface area (Å²) in [5, 5.41) is 11.1. The molecule has 0 aliphatic carbocycles. The van der Waals surface area contributed by atoms with Crippen LogP contribution in [0.2, 0.25) is 0 Å². The van der Waals surface area contributed by atoms with Gasteiger partial charge in [-0.05, 0) is 19.8 Å². The fraction of sp³-hybridized carbons (Fsp3) is 0.643. The average molecular weight is 329 g/mol. The van der Waals surface area contributed by atoms with Crippen LogP contribution in [0.25, 0.3) is 0 Å². The SMILES string of the molecule is COC(C)C(C(=O)O)N(C)C(=O)N1CCCC1.c1cscn1. The lowest BCUT2D eigenvalue weighted by Gasteiger charge is -2.31. The van der Waals surface area contributed by atoms with Gasteiger partial charge in [-0.2, -0.15) is 0 Å². The number of thiazole rings is 1. The lowest BCUT2D eigenvalue weighted by Crippen LogP contribution is -2.53. The van der Waals surface area contributed by atoms with E-state index in [2.05, 4.69) is 4.98 Å². The maximum absolute atomic E-state index is 12.0. The number of likely N-dealkylation sites (tertiary alicyclic amines) is 1. The molecule has 7 nitrogen and oxygen atoms in total. The fourth-order valence-electron chi connectivity index (χ4n) is 2.24. The standard InChI is InChI=1S/C11H20N2O4.C3H3NS/c1-8(17-3)9(10(14)15)12(2)11(16)13-6-4-5-7-13;1-2-5-3-4-1/h8-9H,4-7H2,1-3H3,(H,14,15);1-3H. The van der Waals surface area contributed by atoms with Gasteiger partial charge in [0.1, 0.15) is 0 Å². The number of ether oxygens (including phenoxy) is 1. The number of hydrogen-bond acceptors (Lipinski definition) is 5.